The van der Waals surface area contributed by atoms with Crippen LogP contribution in [0.25, 0.3) is 0 Å². The molecular formula is C14H21O3-. The van der Waals surface area contributed by atoms with E-state index in [2.05, 4.69) is 20.8 Å². The number of hydrogen-bond acceptors (Lipinski definition) is 3. The molecule has 1 aliphatic carbocycles. The molecule has 3 heteroatoms. The summed E-state index contributed by atoms with van der Waals surface area (Å²) in [6, 6.07) is 0. The summed E-state index contributed by atoms with van der Waals surface area (Å²) in [7, 11) is 0. The third kappa shape index (κ3) is 4.35. The lowest BCUT2D eigenvalue weighted by molar-refractivity contribution is -0.305. The van der Waals surface area contributed by atoms with Crippen molar-refractivity contribution in [3.63, 3.8) is 0 Å². The maximum Gasteiger partial charge on any atom is 0.0986 e. The zero-order valence-corrected chi connectivity index (χ0v) is 11.0. The van der Waals surface area contributed by atoms with Crippen LogP contribution < -0.4 is 5.11 Å². The number of carboxylic acid groups (broad SMARTS) is 1. The lowest BCUT2D eigenvalue weighted by Gasteiger charge is -2.32. The second kappa shape index (κ2) is 4.65. The van der Waals surface area contributed by atoms with E-state index in [1.807, 2.05) is 6.08 Å². The van der Waals surface area contributed by atoms with Crippen molar-refractivity contribution in [2.45, 2.75) is 52.6 Å². The number of carboxylic acids is 1. The Balaban J connectivity index is 2.84. The van der Waals surface area contributed by atoms with Crippen LogP contribution in [0.5, 0.6) is 0 Å². The van der Waals surface area contributed by atoms with E-state index in [0.29, 0.717) is 6.42 Å². The summed E-state index contributed by atoms with van der Waals surface area (Å²) in [5.74, 6) is -1.04. The quantitative estimate of drug-likeness (QED) is 0.758. The van der Waals surface area contributed by atoms with Crippen molar-refractivity contribution in [1.29, 1.82) is 0 Å². The van der Waals surface area contributed by atoms with Crippen LogP contribution in [-0.2, 0) is 4.79 Å². The number of aliphatic carboxylic acids is 1. The Bertz CT molecular complexity index is 367. The van der Waals surface area contributed by atoms with E-state index < -0.39 is 11.6 Å². The normalized spacial score (nSPS) is 25.2. The summed E-state index contributed by atoms with van der Waals surface area (Å²) in [6.07, 6.45) is 4.83. The van der Waals surface area contributed by atoms with Crippen LogP contribution in [0.15, 0.2) is 23.3 Å². The van der Waals surface area contributed by atoms with Crippen molar-refractivity contribution >= 4 is 5.97 Å². The maximum absolute atomic E-state index is 10.5. The topological polar surface area (TPSA) is 60.4 Å². The van der Waals surface area contributed by atoms with Gasteiger partial charge in [0, 0.05) is 5.97 Å². The highest BCUT2D eigenvalue weighted by Gasteiger charge is 2.27. The first-order chi connectivity index (χ1) is 7.60. The lowest BCUT2D eigenvalue weighted by Crippen LogP contribution is -2.27. The number of aliphatic hydroxyl groups is 1. The van der Waals surface area contributed by atoms with Crippen LogP contribution in [-0.4, -0.2) is 16.7 Å². The average molecular weight is 237 g/mol. The Morgan fingerprint density at radius 3 is 2.53 bits per heavy atom. The van der Waals surface area contributed by atoms with Gasteiger partial charge >= 0.3 is 0 Å². The van der Waals surface area contributed by atoms with Gasteiger partial charge in [0.15, 0.2) is 0 Å². The third-order valence-corrected chi connectivity index (χ3v) is 2.99. The minimum Gasteiger partial charge on any atom is -0.550 e. The van der Waals surface area contributed by atoms with Gasteiger partial charge in [-0.1, -0.05) is 31.9 Å². The van der Waals surface area contributed by atoms with Gasteiger partial charge in [-0.25, -0.2) is 0 Å². The molecule has 0 spiro atoms. The molecule has 0 saturated carbocycles. The van der Waals surface area contributed by atoms with Crippen molar-refractivity contribution in [2.75, 3.05) is 0 Å². The number of hydrogen-bond donors (Lipinski definition) is 1. The Labute approximate surface area is 103 Å². The molecule has 0 fully saturated rings. The molecule has 1 rings (SSSR count). The molecule has 1 N–H and O–H groups in total. The summed E-state index contributed by atoms with van der Waals surface area (Å²) < 4.78 is 0. The Hall–Kier alpha value is -1.09. The van der Waals surface area contributed by atoms with Gasteiger partial charge in [0.1, 0.15) is 0 Å². The fourth-order valence-corrected chi connectivity index (χ4v) is 2.06. The fourth-order valence-electron chi connectivity index (χ4n) is 2.06. The van der Waals surface area contributed by atoms with Gasteiger partial charge in [-0.05, 0) is 43.8 Å². The van der Waals surface area contributed by atoms with Crippen LogP contribution in [0, 0.1) is 5.41 Å². The summed E-state index contributed by atoms with van der Waals surface area (Å²) in [6.45, 7) is 8.00. The Morgan fingerprint density at radius 1 is 1.47 bits per heavy atom. The summed E-state index contributed by atoms with van der Waals surface area (Å²) in [5, 5.41) is 20.6. The molecule has 1 aliphatic rings. The van der Waals surface area contributed by atoms with Gasteiger partial charge < -0.3 is 15.0 Å². The summed E-state index contributed by atoms with van der Waals surface area (Å²) in [4.78, 5) is 10.5. The molecule has 0 aromatic heterocycles. The SMILES string of the molecule is CC1(O)C=C(CCC(=O)[O-])CC(C(C)(C)C)=C1. The van der Waals surface area contributed by atoms with E-state index >= 15 is 0 Å². The number of carbonyl (C=O) groups excluding carboxylic acids is 1. The molecule has 0 aromatic carbocycles. The first kappa shape index (κ1) is 14.0. The molecule has 0 amide bonds. The first-order valence-corrected chi connectivity index (χ1v) is 5.95. The molecule has 0 radical (unpaired) electrons. The number of carbonyl (C=O) groups is 1. The molecular weight excluding hydrogens is 216 g/mol. The Morgan fingerprint density at radius 2 is 2.06 bits per heavy atom. The van der Waals surface area contributed by atoms with E-state index in [0.717, 1.165) is 17.6 Å². The van der Waals surface area contributed by atoms with Crippen LogP contribution in [0.2, 0.25) is 0 Å². The van der Waals surface area contributed by atoms with Crippen LogP contribution in [0.1, 0.15) is 47.0 Å². The van der Waals surface area contributed by atoms with Gasteiger partial charge in [-0.3, -0.25) is 0 Å². The lowest BCUT2D eigenvalue weighted by atomic mass is 9.76. The number of rotatable bonds is 3. The number of allylic oxidation sites excluding steroid dienone is 2. The van der Waals surface area contributed by atoms with Gasteiger partial charge in [0.2, 0.25) is 0 Å². The molecule has 0 aromatic rings. The van der Waals surface area contributed by atoms with Gasteiger partial charge in [0.25, 0.3) is 0 Å². The van der Waals surface area contributed by atoms with Crippen molar-refractivity contribution in [1.82, 2.24) is 0 Å². The predicted molar refractivity (Wildman–Crippen MR) is 65.1 cm³/mol. The third-order valence-electron chi connectivity index (χ3n) is 2.99. The second-order valence-corrected chi connectivity index (χ2v) is 6.00. The molecule has 0 heterocycles. The first-order valence-electron chi connectivity index (χ1n) is 5.95. The van der Waals surface area contributed by atoms with Crippen molar-refractivity contribution in [2.24, 2.45) is 5.41 Å². The molecule has 3 nitrogen and oxygen atoms in total. The van der Waals surface area contributed by atoms with Gasteiger partial charge in [0.05, 0.1) is 5.60 Å². The zero-order chi connectivity index (χ0) is 13.3. The predicted octanol–water partition coefficient (Wildman–Crippen LogP) is 1.57. The fraction of sp³-hybridized carbons (Fsp3) is 0.643. The van der Waals surface area contributed by atoms with E-state index in [-0.39, 0.29) is 11.8 Å². The highest BCUT2D eigenvalue weighted by Crippen LogP contribution is 2.37. The van der Waals surface area contributed by atoms with E-state index in [1.165, 1.54) is 0 Å². The second-order valence-electron chi connectivity index (χ2n) is 6.00. The molecule has 96 valence electrons. The van der Waals surface area contributed by atoms with E-state index in [9.17, 15) is 15.0 Å². The van der Waals surface area contributed by atoms with E-state index in [1.54, 1.807) is 13.0 Å². The molecule has 1 atom stereocenters. The Kier molecular flexibility index (Phi) is 3.82. The minimum atomic E-state index is -1.04. The van der Waals surface area contributed by atoms with E-state index in [4.69, 9.17) is 0 Å². The highest BCUT2D eigenvalue weighted by molar-refractivity contribution is 5.64. The van der Waals surface area contributed by atoms with Crippen molar-refractivity contribution in [3.8, 4) is 0 Å². The van der Waals surface area contributed by atoms with Crippen LogP contribution in [0.4, 0.5) is 0 Å². The molecule has 0 saturated heterocycles. The van der Waals surface area contributed by atoms with Gasteiger partial charge in [-0.15, -0.1) is 0 Å². The van der Waals surface area contributed by atoms with Crippen LogP contribution >= 0.6 is 0 Å². The largest absolute Gasteiger partial charge is 0.550 e. The zero-order valence-electron chi connectivity index (χ0n) is 11.0. The highest BCUT2D eigenvalue weighted by atomic mass is 16.4. The average Bonchev–Trinajstić information content (AvgIpc) is 2.10. The minimum absolute atomic E-state index is 0.00895. The summed E-state index contributed by atoms with van der Waals surface area (Å²) >= 11 is 0. The standard InChI is InChI=1S/C14H22O3/c1-13(2,3)11-7-10(5-6-12(15)16)8-14(4,17)9-11/h8-9,17H,5-7H2,1-4H3,(H,15,16)/p-1. The van der Waals surface area contributed by atoms with Gasteiger partial charge in [-0.2, -0.15) is 0 Å². The summed E-state index contributed by atoms with van der Waals surface area (Å²) in [5.41, 5.74) is 1.15. The van der Waals surface area contributed by atoms with Crippen molar-refractivity contribution in [3.05, 3.63) is 23.3 Å². The molecule has 0 aliphatic heterocycles. The molecule has 1 unspecified atom stereocenters. The molecule has 0 bridgehead atoms. The maximum atomic E-state index is 10.5. The smallest absolute Gasteiger partial charge is 0.0986 e. The monoisotopic (exact) mass is 237 g/mol. The molecule has 17 heavy (non-hydrogen) atoms. The van der Waals surface area contributed by atoms with Crippen LogP contribution in [0.3, 0.4) is 0 Å². The van der Waals surface area contributed by atoms with Crippen molar-refractivity contribution < 1.29 is 15.0 Å².